The highest BCUT2D eigenvalue weighted by Gasteiger charge is 2.33. The van der Waals surface area contributed by atoms with E-state index in [-0.39, 0.29) is 25.4 Å². The zero-order valence-electron chi connectivity index (χ0n) is 22.3. The molecule has 10 heteroatoms. The number of esters is 1. The van der Waals surface area contributed by atoms with E-state index >= 15 is 0 Å². The molecule has 1 amide bonds. The van der Waals surface area contributed by atoms with E-state index in [1.54, 1.807) is 37.3 Å². The van der Waals surface area contributed by atoms with E-state index in [9.17, 15) is 14.4 Å². The van der Waals surface area contributed by atoms with Gasteiger partial charge in [0.1, 0.15) is 12.4 Å². The van der Waals surface area contributed by atoms with Crippen molar-refractivity contribution < 1.29 is 23.8 Å². The van der Waals surface area contributed by atoms with Gasteiger partial charge in [0.15, 0.2) is 11.4 Å². The van der Waals surface area contributed by atoms with Crippen molar-refractivity contribution in [3.63, 3.8) is 0 Å². The van der Waals surface area contributed by atoms with Gasteiger partial charge in [-0.1, -0.05) is 67.6 Å². The molecular formula is C29H31N3O6S. The van der Waals surface area contributed by atoms with Crippen molar-refractivity contribution in [1.82, 2.24) is 4.57 Å². The van der Waals surface area contributed by atoms with E-state index in [1.165, 1.54) is 23.0 Å². The molecule has 2 aromatic carbocycles. The maximum Gasteiger partial charge on any atom is 0.338 e. The Hall–Kier alpha value is -4.02. The number of amides is 1. The topological polar surface area (TPSA) is 122 Å². The molecule has 2 N–H and O–H groups in total. The molecule has 1 atom stereocenters. The number of fused-ring (bicyclic) bond motifs is 1. The highest BCUT2D eigenvalue weighted by Crippen LogP contribution is 2.31. The number of nitrogens with two attached hydrogens (primary N) is 1. The average molecular weight is 550 g/mol. The van der Waals surface area contributed by atoms with Gasteiger partial charge < -0.3 is 19.9 Å². The fourth-order valence-corrected chi connectivity index (χ4v) is 5.32. The standard InChI is InChI=1S/C29H31N3O6S/c1-17(2)19-9-11-20(12-10-19)26-25(28(35)37-14-13-36-4)18(3)31-29-32(26)27(34)23(39-29)15-21-7-5-6-8-22(21)38-16-24(30)33/h5-12,15,17,26H,13-14,16H2,1-4H3,(H2,30,33). The number of para-hydroxylation sites is 1. The van der Waals surface area contributed by atoms with Gasteiger partial charge in [0.2, 0.25) is 0 Å². The second-order valence-corrected chi connectivity index (χ2v) is 10.3. The van der Waals surface area contributed by atoms with E-state index in [0.29, 0.717) is 37.8 Å². The molecule has 0 spiro atoms. The van der Waals surface area contributed by atoms with E-state index in [0.717, 1.165) is 11.1 Å². The minimum Gasteiger partial charge on any atom is -0.483 e. The van der Waals surface area contributed by atoms with Crippen LogP contribution in [0.3, 0.4) is 0 Å². The summed E-state index contributed by atoms with van der Waals surface area (Å²) in [6.07, 6.45) is 1.69. The molecule has 0 fully saturated rings. The summed E-state index contributed by atoms with van der Waals surface area (Å²) < 4.78 is 18.0. The Labute approximate surface area is 229 Å². The van der Waals surface area contributed by atoms with Gasteiger partial charge in [-0.2, -0.15) is 0 Å². The summed E-state index contributed by atoms with van der Waals surface area (Å²) in [6.45, 7) is 6.00. The molecule has 39 heavy (non-hydrogen) atoms. The summed E-state index contributed by atoms with van der Waals surface area (Å²) in [7, 11) is 1.53. The van der Waals surface area contributed by atoms with Crippen molar-refractivity contribution in [2.24, 2.45) is 10.7 Å². The second-order valence-electron chi connectivity index (χ2n) is 9.32. The summed E-state index contributed by atoms with van der Waals surface area (Å²) >= 11 is 1.21. The number of ether oxygens (including phenoxy) is 3. The SMILES string of the molecule is COCCOC(=O)C1=C(C)N=c2sc(=Cc3ccccc3OCC(N)=O)c(=O)n2C1c1ccc(C(C)C)cc1. The van der Waals surface area contributed by atoms with Gasteiger partial charge in [0.25, 0.3) is 11.5 Å². The van der Waals surface area contributed by atoms with E-state index in [4.69, 9.17) is 19.9 Å². The number of aromatic nitrogens is 1. The number of carbonyl (C=O) groups excluding carboxylic acids is 2. The van der Waals surface area contributed by atoms with Crippen LogP contribution in [0.4, 0.5) is 0 Å². The lowest BCUT2D eigenvalue weighted by atomic mass is 9.93. The molecule has 1 aliphatic heterocycles. The number of rotatable bonds is 10. The molecule has 9 nitrogen and oxygen atoms in total. The molecule has 0 saturated heterocycles. The van der Waals surface area contributed by atoms with Gasteiger partial charge in [-0.25, -0.2) is 9.79 Å². The molecule has 0 saturated carbocycles. The first-order valence-corrected chi connectivity index (χ1v) is 13.3. The van der Waals surface area contributed by atoms with Crippen molar-refractivity contribution >= 4 is 29.3 Å². The summed E-state index contributed by atoms with van der Waals surface area (Å²) in [5, 5.41) is 0. The summed E-state index contributed by atoms with van der Waals surface area (Å²) in [6, 6.07) is 14.2. The van der Waals surface area contributed by atoms with Crippen molar-refractivity contribution in [2.45, 2.75) is 32.7 Å². The number of allylic oxidation sites excluding steroid dienone is 1. The number of carbonyl (C=O) groups is 2. The smallest absolute Gasteiger partial charge is 0.338 e. The van der Waals surface area contributed by atoms with E-state index < -0.39 is 17.9 Å². The molecule has 1 aliphatic rings. The van der Waals surface area contributed by atoms with Crippen molar-refractivity contribution in [3.05, 3.63) is 96.2 Å². The van der Waals surface area contributed by atoms with Crippen LogP contribution < -0.4 is 25.4 Å². The monoisotopic (exact) mass is 549 g/mol. The van der Waals surface area contributed by atoms with Gasteiger partial charge in [-0.15, -0.1) is 0 Å². The Morgan fingerprint density at radius 2 is 1.85 bits per heavy atom. The first-order valence-electron chi connectivity index (χ1n) is 12.5. The van der Waals surface area contributed by atoms with Crippen LogP contribution in [0.25, 0.3) is 6.08 Å². The molecule has 204 valence electrons. The predicted octanol–water partition coefficient (Wildman–Crippen LogP) is 2.41. The number of nitrogens with zero attached hydrogens (tertiary/aromatic N) is 2. The Kier molecular flexibility index (Phi) is 8.78. The van der Waals surface area contributed by atoms with Crippen LogP contribution in [0.1, 0.15) is 49.4 Å². The molecule has 1 aromatic heterocycles. The zero-order valence-corrected chi connectivity index (χ0v) is 23.1. The lowest BCUT2D eigenvalue weighted by molar-refractivity contribution is -0.140. The van der Waals surface area contributed by atoms with Crippen LogP contribution in [0.2, 0.25) is 0 Å². The van der Waals surface area contributed by atoms with Crippen LogP contribution in [0.15, 0.2) is 69.6 Å². The summed E-state index contributed by atoms with van der Waals surface area (Å²) in [5.74, 6) is -0.408. The molecule has 0 bridgehead atoms. The van der Waals surface area contributed by atoms with Crippen LogP contribution in [0.5, 0.6) is 5.75 Å². The number of primary amides is 1. The molecule has 0 aliphatic carbocycles. The fraction of sp³-hybridized carbons (Fsp3) is 0.310. The van der Waals surface area contributed by atoms with E-state index in [2.05, 4.69) is 18.8 Å². The Balaban J connectivity index is 1.86. The third-order valence-electron chi connectivity index (χ3n) is 6.26. The Morgan fingerprint density at radius 1 is 1.13 bits per heavy atom. The molecule has 3 aromatic rings. The zero-order chi connectivity index (χ0) is 28.1. The molecule has 0 radical (unpaired) electrons. The third-order valence-corrected chi connectivity index (χ3v) is 7.24. The maximum atomic E-state index is 13.9. The number of hydrogen-bond acceptors (Lipinski definition) is 8. The highest BCUT2D eigenvalue weighted by atomic mass is 32.1. The van der Waals surface area contributed by atoms with Crippen molar-refractivity contribution in [1.29, 1.82) is 0 Å². The van der Waals surface area contributed by atoms with Gasteiger partial charge in [0, 0.05) is 12.7 Å². The third kappa shape index (κ3) is 6.18. The molecule has 4 rings (SSSR count). The van der Waals surface area contributed by atoms with Crippen LogP contribution in [0, 0.1) is 0 Å². The minimum absolute atomic E-state index is 0.0810. The quantitative estimate of drug-likeness (QED) is 0.306. The first kappa shape index (κ1) is 28.0. The molecule has 2 heterocycles. The number of hydrogen-bond donors (Lipinski definition) is 1. The van der Waals surface area contributed by atoms with Gasteiger partial charge in [-0.3, -0.25) is 14.2 Å². The van der Waals surface area contributed by atoms with Crippen LogP contribution >= 0.6 is 11.3 Å². The second kappa shape index (κ2) is 12.2. The fourth-order valence-electron chi connectivity index (χ4n) is 4.28. The van der Waals surface area contributed by atoms with Gasteiger partial charge in [-0.05, 0) is 36.1 Å². The number of benzene rings is 2. The van der Waals surface area contributed by atoms with Gasteiger partial charge >= 0.3 is 5.97 Å². The lowest BCUT2D eigenvalue weighted by Gasteiger charge is -2.25. The lowest BCUT2D eigenvalue weighted by Crippen LogP contribution is -2.40. The normalized spacial score (nSPS) is 15.2. The van der Waals surface area contributed by atoms with Crippen molar-refractivity contribution in [2.75, 3.05) is 26.9 Å². The van der Waals surface area contributed by atoms with Crippen LogP contribution in [-0.2, 0) is 19.1 Å². The first-order chi connectivity index (χ1) is 18.7. The average Bonchev–Trinajstić information content (AvgIpc) is 3.21. The molecule has 1 unspecified atom stereocenters. The maximum absolute atomic E-state index is 13.9. The van der Waals surface area contributed by atoms with Crippen molar-refractivity contribution in [3.8, 4) is 5.75 Å². The number of methoxy groups -OCH3 is 1. The summed E-state index contributed by atoms with van der Waals surface area (Å²) in [5.41, 5.74) is 8.22. The van der Waals surface area contributed by atoms with Gasteiger partial charge in [0.05, 0.1) is 28.5 Å². The largest absolute Gasteiger partial charge is 0.483 e. The number of thiazole rings is 1. The summed E-state index contributed by atoms with van der Waals surface area (Å²) in [4.78, 5) is 43.4. The minimum atomic E-state index is -0.721. The van der Waals surface area contributed by atoms with Crippen LogP contribution in [-0.4, -0.2) is 43.4 Å². The highest BCUT2D eigenvalue weighted by molar-refractivity contribution is 7.07. The van der Waals surface area contributed by atoms with E-state index in [1.807, 2.05) is 24.3 Å². The predicted molar refractivity (Wildman–Crippen MR) is 148 cm³/mol. The molecular weight excluding hydrogens is 518 g/mol. The Morgan fingerprint density at radius 3 is 2.51 bits per heavy atom. The Bertz CT molecular complexity index is 1580.